The van der Waals surface area contributed by atoms with E-state index >= 15 is 0 Å². The fraction of sp³-hybridized carbons (Fsp3) is 0.417. The first-order valence-corrected chi connectivity index (χ1v) is 5.58. The minimum atomic E-state index is -0.580. The molecule has 0 aromatic heterocycles. The molecule has 1 rings (SSSR count). The average molecular weight is 252 g/mol. The number of nitrogens with zero attached hydrogens (tertiary/aromatic N) is 2. The van der Waals surface area contributed by atoms with Gasteiger partial charge in [0.15, 0.2) is 6.29 Å². The molecule has 0 amide bonds. The maximum Gasteiger partial charge on any atom is 0.280 e. The zero-order chi connectivity index (χ0) is 13.7. The first-order valence-electron chi connectivity index (χ1n) is 5.58. The van der Waals surface area contributed by atoms with Crippen LogP contribution in [0, 0.1) is 10.1 Å². The number of hydrogen-bond acceptors (Lipinski definition) is 5. The lowest BCUT2D eigenvalue weighted by molar-refractivity contribution is -0.385. The highest BCUT2D eigenvalue weighted by Gasteiger charge is 2.14. The lowest BCUT2D eigenvalue weighted by Crippen LogP contribution is -2.21. The molecule has 6 nitrogen and oxygen atoms in total. The van der Waals surface area contributed by atoms with Crippen molar-refractivity contribution in [2.24, 2.45) is 0 Å². The highest BCUT2D eigenvalue weighted by Crippen LogP contribution is 2.23. The van der Waals surface area contributed by atoms with Gasteiger partial charge in [0, 0.05) is 25.3 Å². The van der Waals surface area contributed by atoms with Crippen LogP contribution in [0.1, 0.15) is 23.7 Å². The smallest absolute Gasteiger partial charge is 0.280 e. The van der Waals surface area contributed by atoms with E-state index in [-0.39, 0.29) is 11.3 Å². The van der Waals surface area contributed by atoms with Crippen molar-refractivity contribution in [2.45, 2.75) is 19.4 Å². The van der Waals surface area contributed by atoms with Gasteiger partial charge >= 0.3 is 0 Å². The second-order valence-corrected chi connectivity index (χ2v) is 4.18. The van der Waals surface area contributed by atoms with Gasteiger partial charge in [0.2, 0.25) is 0 Å². The number of hydrogen-bond donors (Lipinski definition) is 1. The van der Waals surface area contributed by atoms with Crippen LogP contribution in [-0.4, -0.2) is 36.0 Å². The summed E-state index contributed by atoms with van der Waals surface area (Å²) in [7, 11) is 1.80. The van der Waals surface area contributed by atoms with Gasteiger partial charge in [0.05, 0.1) is 16.6 Å². The van der Waals surface area contributed by atoms with Gasteiger partial charge in [-0.2, -0.15) is 0 Å². The molecule has 1 unspecified atom stereocenters. The second kappa shape index (κ2) is 6.11. The summed E-state index contributed by atoms with van der Waals surface area (Å²) in [6.45, 7) is 2.30. The molecule has 0 aliphatic carbocycles. The third kappa shape index (κ3) is 3.53. The third-order valence-electron chi connectivity index (χ3n) is 2.66. The molecular formula is C12H16N2O4. The van der Waals surface area contributed by atoms with Gasteiger partial charge in [0.1, 0.15) is 0 Å². The lowest BCUT2D eigenvalue weighted by Gasteiger charge is -2.20. The SMILES string of the molecule is CC(O)CCN(C)c1ccc([N+](=O)[O-])c(C=O)c1. The normalized spacial score (nSPS) is 11.9. The molecule has 1 aromatic rings. The summed E-state index contributed by atoms with van der Waals surface area (Å²) in [5.41, 5.74) is 0.572. The maximum absolute atomic E-state index is 10.8. The Morgan fingerprint density at radius 3 is 2.72 bits per heavy atom. The minimum Gasteiger partial charge on any atom is -0.393 e. The van der Waals surface area contributed by atoms with Gasteiger partial charge in [-0.25, -0.2) is 0 Å². The Balaban J connectivity index is 2.91. The van der Waals surface area contributed by atoms with Crippen LogP contribution in [0.15, 0.2) is 18.2 Å². The van der Waals surface area contributed by atoms with Crippen LogP contribution in [0.25, 0.3) is 0 Å². The van der Waals surface area contributed by atoms with E-state index in [2.05, 4.69) is 0 Å². The fourth-order valence-corrected chi connectivity index (χ4v) is 1.55. The lowest BCUT2D eigenvalue weighted by atomic mass is 10.1. The molecule has 1 N–H and O–H groups in total. The van der Waals surface area contributed by atoms with Crippen LogP contribution < -0.4 is 4.90 Å². The van der Waals surface area contributed by atoms with Crippen LogP contribution in [-0.2, 0) is 0 Å². The molecule has 0 radical (unpaired) electrons. The number of anilines is 1. The van der Waals surface area contributed by atoms with E-state index in [1.807, 2.05) is 4.90 Å². The monoisotopic (exact) mass is 252 g/mol. The standard InChI is InChI=1S/C12H16N2O4/c1-9(16)5-6-13(2)11-3-4-12(14(17)18)10(7-11)8-15/h3-4,7-9,16H,5-6H2,1-2H3. The molecule has 0 heterocycles. The molecule has 0 spiro atoms. The Morgan fingerprint density at radius 2 is 2.22 bits per heavy atom. The predicted molar refractivity (Wildman–Crippen MR) is 68.1 cm³/mol. The van der Waals surface area contributed by atoms with Crippen LogP contribution in [0.4, 0.5) is 11.4 Å². The van der Waals surface area contributed by atoms with Crippen molar-refractivity contribution in [1.82, 2.24) is 0 Å². The van der Waals surface area contributed by atoms with Gasteiger partial charge < -0.3 is 10.0 Å². The number of benzene rings is 1. The summed E-state index contributed by atoms with van der Waals surface area (Å²) >= 11 is 0. The maximum atomic E-state index is 10.8. The van der Waals surface area contributed by atoms with Crippen LogP contribution in [0.5, 0.6) is 0 Å². The summed E-state index contributed by atoms with van der Waals surface area (Å²) < 4.78 is 0. The van der Waals surface area contributed by atoms with E-state index in [0.29, 0.717) is 24.9 Å². The molecule has 0 saturated carbocycles. The van der Waals surface area contributed by atoms with Gasteiger partial charge in [-0.05, 0) is 25.5 Å². The highest BCUT2D eigenvalue weighted by atomic mass is 16.6. The van der Waals surface area contributed by atoms with Crippen LogP contribution in [0.2, 0.25) is 0 Å². The first-order chi connectivity index (χ1) is 8.45. The number of aldehydes is 1. The molecule has 0 bridgehead atoms. The summed E-state index contributed by atoms with van der Waals surface area (Å²) in [5.74, 6) is 0. The molecule has 1 atom stereocenters. The highest BCUT2D eigenvalue weighted by molar-refractivity contribution is 5.83. The topological polar surface area (TPSA) is 83.7 Å². The number of carbonyl (C=O) groups excluding carboxylic acids is 1. The van der Waals surface area contributed by atoms with Crippen LogP contribution >= 0.6 is 0 Å². The Labute approximate surface area is 105 Å². The first kappa shape index (κ1) is 14.1. The van der Waals surface area contributed by atoms with Crippen LogP contribution in [0.3, 0.4) is 0 Å². The van der Waals surface area contributed by atoms with E-state index in [1.165, 1.54) is 12.1 Å². The van der Waals surface area contributed by atoms with Crippen molar-refractivity contribution in [3.8, 4) is 0 Å². The fourth-order valence-electron chi connectivity index (χ4n) is 1.55. The number of aliphatic hydroxyl groups excluding tert-OH is 1. The van der Waals surface area contributed by atoms with Gasteiger partial charge in [0.25, 0.3) is 5.69 Å². The van der Waals surface area contributed by atoms with Gasteiger partial charge in [-0.1, -0.05) is 0 Å². The second-order valence-electron chi connectivity index (χ2n) is 4.18. The zero-order valence-electron chi connectivity index (χ0n) is 10.4. The molecule has 98 valence electrons. The molecule has 6 heteroatoms. The van der Waals surface area contributed by atoms with Crippen molar-refractivity contribution in [2.75, 3.05) is 18.5 Å². The molecule has 0 aliphatic rings. The molecule has 0 saturated heterocycles. The van der Waals surface area contributed by atoms with Crippen molar-refractivity contribution >= 4 is 17.7 Å². The van der Waals surface area contributed by atoms with Crippen molar-refractivity contribution in [3.63, 3.8) is 0 Å². The Bertz CT molecular complexity index is 446. The molecule has 0 aliphatic heterocycles. The van der Waals surface area contributed by atoms with Gasteiger partial charge in [-0.15, -0.1) is 0 Å². The Morgan fingerprint density at radius 1 is 1.56 bits per heavy atom. The quantitative estimate of drug-likeness (QED) is 0.472. The number of aliphatic hydroxyl groups is 1. The van der Waals surface area contributed by atoms with E-state index in [1.54, 1.807) is 20.0 Å². The average Bonchev–Trinajstić information content (AvgIpc) is 2.34. The third-order valence-corrected chi connectivity index (χ3v) is 2.66. The zero-order valence-corrected chi connectivity index (χ0v) is 10.4. The number of nitro groups is 1. The van der Waals surface area contributed by atoms with E-state index in [0.717, 1.165) is 0 Å². The number of nitro benzene ring substituents is 1. The van der Waals surface area contributed by atoms with E-state index in [4.69, 9.17) is 0 Å². The number of carbonyl (C=O) groups is 1. The van der Waals surface area contributed by atoms with Crippen molar-refractivity contribution in [1.29, 1.82) is 0 Å². The molecular weight excluding hydrogens is 236 g/mol. The number of rotatable bonds is 6. The van der Waals surface area contributed by atoms with E-state index in [9.17, 15) is 20.0 Å². The van der Waals surface area contributed by atoms with Crippen molar-refractivity contribution < 1.29 is 14.8 Å². The molecule has 18 heavy (non-hydrogen) atoms. The summed E-state index contributed by atoms with van der Waals surface area (Å²) in [6, 6.07) is 4.39. The summed E-state index contributed by atoms with van der Waals surface area (Å²) in [6.07, 6.45) is 0.657. The molecule has 1 aromatic carbocycles. The minimum absolute atomic E-state index is 0.0568. The summed E-state index contributed by atoms with van der Waals surface area (Å²) in [5, 5.41) is 19.9. The molecule has 0 fully saturated rings. The predicted octanol–water partition coefficient (Wildman–Crippen LogP) is 1.61. The van der Waals surface area contributed by atoms with E-state index < -0.39 is 11.0 Å². The Kier molecular flexibility index (Phi) is 4.79. The van der Waals surface area contributed by atoms with Gasteiger partial charge in [-0.3, -0.25) is 14.9 Å². The van der Waals surface area contributed by atoms with Crippen molar-refractivity contribution in [3.05, 3.63) is 33.9 Å². The Hall–Kier alpha value is -1.95. The largest absolute Gasteiger partial charge is 0.393 e. The summed E-state index contributed by atoms with van der Waals surface area (Å²) in [4.78, 5) is 22.7.